The fourth-order valence-corrected chi connectivity index (χ4v) is 3.62. The molecule has 10 nitrogen and oxygen atoms in total. The summed E-state index contributed by atoms with van der Waals surface area (Å²) < 4.78 is 22.3. The van der Waals surface area contributed by atoms with Gasteiger partial charge in [-0.05, 0) is 25.1 Å². The van der Waals surface area contributed by atoms with E-state index in [2.05, 4.69) is 0 Å². The maximum absolute atomic E-state index is 13.3. The topological polar surface area (TPSA) is 159 Å². The lowest BCUT2D eigenvalue weighted by Gasteiger charge is -2.35. The van der Waals surface area contributed by atoms with Crippen molar-refractivity contribution >= 4 is 11.0 Å². The van der Waals surface area contributed by atoms with E-state index in [-0.39, 0.29) is 46.1 Å². The fourth-order valence-electron chi connectivity index (χ4n) is 3.62. The Morgan fingerprint density at radius 3 is 2.50 bits per heavy atom. The highest BCUT2D eigenvalue weighted by Crippen LogP contribution is 2.39. The second-order valence-electron chi connectivity index (χ2n) is 7.50. The van der Waals surface area contributed by atoms with Gasteiger partial charge < -0.3 is 44.2 Å². The largest absolute Gasteiger partial charge is 0.508 e. The first-order valence-corrected chi connectivity index (χ1v) is 9.78. The van der Waals surface area contributed by atoms with Gasteiger partial charge in [-0.2, -0.15) is 0 Å². The van der Waals surface area contributed by atoms with Gasteiger partial charge in [-0.15, -0.1) is 0 Å². The van der Waals surface area contributed by atoms with E-state index >= 15 is 0 Å². The van der Waals surface area contributed by atoms with E-state index in [4.69, 9.17) is 18.6 Å². The molecule has 4 rings (SSSR count). The molecular weight excluding hydrogens is 424 g/mol. The summed E-state index contributed by atoms with van der Waals surface area (Å²) >= 11 is 0. The lowest BCUT2D eigenvalue weighted by Crippen LogP contribution is -2.48. The first-order valence-electron chi connectivity index (χ1n) is 9.78. The zero-order chi connectivity index (χ0) is 23.2. The Kier molecular flexibility index (Phi) is 5.59. The standard InChI is InChI=1S/C22H22O10/c1-9-19(27)14(26)8-17(30-9)32-22-20(28)18-13(25)6-11(23)7-16(18)31-21(22)10-3-4-12(24)15(5-10)29-2/h3-7,9,14,17,19,23-27H,8H2,1-2H3. The predicted octanol–water partition coefficient (Wildman–Crippen LogP) is 1.82. The fraction of sp³-hybridized carbons (Fsp3) is 0.318. The summed E-state index contributed by atoms with van der Waals surface area (Å²) in [5, 5.41) is 49.7. The molecular formula is C22H22O10. The summed E-state index contributed by atoms with van der Waals surface area (Å²) in [6.45, 7) is 1.55. The molecule has 1 aromatic heterocycles. The summed E-state index contributed by atoms with van der Waals surface area (Å²) in [4.78, 5) is 13.3. The second-order valence-corrected chi connectivity index (χ2v) is 7.50. The highest BCUT2D eigenvalue weighted by Gasteiger charge is 2.36. The van der Waals surface area contributed by atoms with Gasteiger partial charge in [0.25, 0.3) is 0 Å². The van der Waals surface area contributed by atoms with E-state index in [1.54, 1.807) is 6.92 Å². The molecule has 0 saturated carbocycles. The van der Waals surface area contributed by atoms with E-state index in [1.807, 2.05) is 0 Å². The molecule has 4 atom stereocenters. The van der Waals surface area contributed by atoms with Crippen LogP contribution >= 0.6 is 0 Å². The lowest BCUT2D eigenvalue weighted by atomic mass is 10.0. The molecule has 3 aromatic rings. The molecule has 2 heterocycles. The van der Waals surface area contributed by atoms with Crippen molar-refractivity contribution in [2.24, 2.45) is 0 Å². The van der Waals surface area contributed by atoms with Crippen LogP contribution in [0.5, 0.6) is 28.7 Å². The highest BCUT2D eigenvalue weighted by molar-refractivity contribution is 5.88. The monoisotopic (exact) mass is 446 g/mol. The molecule has 1 saturated heterocycles. The predicted molar refractivity (Wildman–Crippen MR) is 111 cm³/mol. The summed E-state index contributed by atoms with van der Waals surface area (Å²) in [5.41, 5.74) is -0.557. The molecule has 0 aliphatic carbocycles. The van der Waals surface area contributed by atoms with Crippen LogP contribution in [0.1, 0.15) is 13.3 Å². The normalized spacial score (nSPS) is 23.2. The third-order valence-corrected chi connectivity index (χ3v) is 5.28. The Morgan fingerprint density at radius 2 is 1.81 bits per heavy atom. The summed E-state index contributed by atoms with van der Waals surface area (Å²) in [6, 6.07) is 6.37. The summed E-state index contributed by atoms with van der Waals surface area (Å²) in [6.07, 6.45) is -4.24. The average Bonchev–Trinajstić information content (AvgIpc) is 2.73. The molecule has 0 bridgehead atoms. The van der Waals surface area contributed by atoms with E-state index < -0.39 is 35.8 Å². The SMILES string of the molecule is COc1cc(-c2oc3cc(O)cc(O)c3c(=O)c2OC2CC(O)C(O)C(C)O2)ccc1O. The smallest absolute Gasteiger partial charge is 0.239 e. The number of hydrogen-bond acceptors (Lipinski definition) is 10. The zero-order valence-electron chi connectivity index (χ0n) is 17.2. The molecule has 10 heteroatoms. The minimum atomic E-state index is -1.14. The maximum atomic E-state index is 13.3. The second kappa shape index (κ2) is 8.23. The molecule has 4 unspecified atom stereocenters. The minimum Gasteiger partial charge on any atom is -0.508 e. The molecule has 170 valence electrons. The van der Waals surface area contributed by atoms with Crippen molar-refractivity contribution in [3.8, 4) is 40.1 Å². The Morgan fingerprint density at radius 1 is 1.06 bits per heavy atom. The summed E-state index contributed by atoms with van der Waals surface area (Å²) in [5.74, 6) is -1.27. The van der Waals surface area contributed by atoms with Crippen molar-refractivity contribution in [1.29, 1.82) is 0 Å². The quantitative estimate of drug-likeness (QED) is 0.400. The van der Waals surface area contributed by atoms with Crippen LogP contribution in [0.3, 0.4) is 0 Å². The number of benzene rings is 2. The van der Waals surface area contributed by atoms with Crippen molar-refractivity contribution in [1.82, 2.24) is 0 Å². The van der Waals surface area contributed by atoms with Crippen molar-refractivity contribution < 1.29 is 44.2 Å². The Hall–Kier alpha value is -3.47. The van der Waals surface area contributed by atoms with Gasteiger partial charge in [-0.3, -0.25) is 4.79 Å². The van der Waals surface area contributed by atoms with E-state index in [0.717, 1.165) is 6.07 Å². The van der Waals surface area contributed by atoms with Gasteiger partial charge in [0.15, 0.2) is 17.3 Å². The third kappa shape index (κ3) is 3.79. The molecule has 2 aromatic carbocycles. The number of methoxy groups -OCH3 is 1. The number of hydrogen-bond donors (Lipinski definition) is 5. The minimum absolute atomic E-state index is 0.0809. The first kappa shape index (κ1) is 21.8. The number of phenolic OH excluding ortho intramolecular Hbond substituents is 3. The molecule has 32 heavy (non-hydrogen) atoms. The first-order chi connectivity index (χ1) is 15.2. The molecule has 0 amide bonds. The molecule has 1 aliphatic rings. The number of fused-ring (bicyclic) bond motifs is 1. The van der Waals surface area contributed by atoms with Crippen LogP contribution in [0.15, 0.2) is 39.5 Å². The van der Waals surface area contributed by atoms with E-state index in [0.29, 0.717) is 5.56 Å². The van der Waals surface area contributed by atoms with Crippen LogP contribution in [0.25, 0.3) is 22.3 Å². The maximum Gasteiger partial charge on any atom is 0.239 e. The van der Waals surface area contributed by atoms with Crippen molar-refractivity contribution in [3.05, 3.63) is 40.6 Å². The van der Waals surface area contributed by atoms with Crippen LogP contribution in [-0.4, -0.2) is 57.2 Å². The van der Waals surface area contributed by atoms with Crippen LogP contribution in [0.2, 0.25) is 0 Å². The van der Waals surface area contributed by atoms with Crippen molar-refractivity contribution in [3.63, 3.8) is 0 Å². The van der Waals surface area contributed by atoms with Crippen molar-refractivity contribution in [2.75, 3.05) is 7.11 Å². The molecule has 1 aliphatic heterocycles. The number of aliphatic hydroxyl groups is 2. The third-order valence-electron chi connectivity index (χ3n) is 5.28. The molecule has 1 fully saturated rings. The van der Waals surface area contributed by atoms with E-state index in [1.165, 1.54) is 31.4 Å². The van der Waals surface area contributed by atoms with Gasteiger partial charge in [0.05, 0.1) is 19.3 Å². The van der Waals surface area contributed by atoms with Gasteiger partial charge in [0.1, 0.15) is 28.6 Å². The number of ether oxygens (including phenoxy) is 3. The number of rotatable bonds is 4. The number of aliphatic hydroxyl groups excluding tert-OH is 2. The summed E-state index contributed by atoms with van der Waals surface area (Å²) in [7, 11) is 1.35. The Bertz CT molecular complexity index is 1210. The lowest BCUT2D eigenvalue weighted by molar-refractivity contribution is -0.216. The van der Waals surface area contributed by atoms with Crippen LogP contribution < -0.4 is 14.9 Å². The van der Waals surface area contributed by atoms with Gasteiger partial charge in [-0.25, -0.2) is 0 Å². The molecule has 5 N–H and O–H groups in total. The number of aromatic hydroxyl groups is 3. The van der Waals surface area contributed by atoms with E-state index in [9.17, 15) is 30.3 Å². The average molecular weight is 446 g/mol. The zero-order valence-corrected chi connectivity index (χ0v) is 17.2. The Balaban J connectivity index is 1.90. The van der Waals surface area contributed by atoms with Gasteiger partial charge in [0, 0.05) is 24.1 Å². The van der Waals surface area contributed by atoms with Gasteiger partial charge in [0.2, 0.25) is 17.5 Å². The highest BCUT2D eigenvalue weighted by atomic mass is 16.7. The number of phenols is 3. The molecule has 0 spiro atoms. The van der Waals surface area contributed by atoms with Crippen LogP contribution in [0.4, 0.5) is 0 Å². The van der Waals surface area contributed by atoms with Crippen molar-refractivity contribution in [2.45, 2.75) is 37.9 Å². The molecule has 0 radical (unpaired) electrons. The Labute approximate surface area is 181 Å². The van der Waals surface area contributed by atoms with Gasteiger partial charge in [-0.1, -0.05) is 0 Å². The van der Waals surface area contributed by atoms with Gasteiger partial charge >= 0.3 is 0 Å². The van der Waals surface area contributed by atoms with Crippen LogP contribution in [0, 0.1) is 0 Å². The van der Waals surface area contributed by atoms with Crippen LogP contribution in [-0.2, 0) is 4.74 Å².